The number of carbonyl (C=O) groups excluding carboxylic acids is 2. The van der Waals surface area contributed by atoms with Gasteiger partial charge in [0.1, 0.15) is 0 Å². The molecule has 0 spiro atoms. The molecule has 114 valence electrons. The predicted molar refractivity (Wildman–Crippen MR) is 83.0 cm³/mol. The summed E-state index contributed by atoms with van der Waals surface area (Å²) in [5, 5.41) is 2.06. The van der Waals surface area contributed by atoms with Gasteiger partial charge in [-0.05, 0) is 37.1 Å². The average molecular weight is 306 g/mol. The molecule has 1 saturated carbocycles. The molecule has 2 fully saturated rings. The van der Waals surface area contributed by atoms with Crippen molar-refractivity contribution in [1.82, 2.24) is 4.90 Å². The minimum absolute atomic E-state index is 0.0599. The van der Waals surface area contributed by atoms with E-state index in [0.29, 0.717) is 25.9 Å². The number of amides is 2. The second-order valence-corrected chi connectivity index (χ2v) is 7.18. The van der Waals surface area contributed by atoms with E-state index in [1.165, 1.54) is 4.88 Å². The van der Waals surface area contributed by atoms with Crippen LogP contribution in [0.2, 0.25) is 0 Å². The van der Waals surface area contributed by atoms with Crippen LogP contribution in [-0.4, -0.2) is 29.8 Å². The summed E-state index contributed by atoms with van der Waals surface area (Å²) in [5.41, 5.74) is 5.08. The van der Waals surface area contributed by atoms with Gasteiger partial charge in [-0.3, -0.25) is 9.59 Å². The van der Waals surface area contributed by atoms with Gasteiger partial charge in [0.25, 0.3) is 0 Å². The van der Waals surface area contributed by atoms with E-state index >= 15 is 0 Å². The maximum absolute atomic E-state index is 13.1. The zero-order valence-corrected chi connectivity index (χ0v) is 13.0. The monoisotopic (exact) mass is 306 g/mol. The first-order chi connectivity index (χ1) is 10.1. The Hall–Kier alpha value is -1.36. The molecule has 2 amide bonds. The van der Waals surface area contributed by atoms with Gasteiger partial charge in [0.05, 0.1) is 5.41 Å². The highest BCUT2D eigenvalue weighted by Crippen LogP contribution is 2.44. The van der Waals surface area contributed by atoms with Gasteiger partial charge in [-0.2, -0.15) is 0 Å². The third-order valence-electron chi connectivity index (χ3n) is 5.04. The van der Waals surface area contributed by atoms with E-state index in [1.807, 2.05) is 11.0 Å². The molecule has 0 bridgehead atoms. The molecular formula is C16H22N2O2S. The van der Waals surface area contributed by atoms with Gasteiger partial charge < -0.3 is 10.6 Å². The quantitative estimate of drug-likeness (QED) is 0.931. The van der Waals surface area contributed by atoms with Crippen molar-refractivity contribution in [3.8, 4) is 0 Å². The van der Waals surface area contributed by atoms with Gasteiger partial charge in [0.15, 0.2) is 0 Å². The van der Waals surface area contributed by atoms with Crippen molar-refractivity contribution in [1.29, 1.82) is 0 Å². The molecule has 0 unspecified atom stereocenters. The SMILES string of the molecule is NC(=O)C1CCN(C(=O)C2(c3cccs3)CCCC2)CC1. The molecule has 0 atom stereocenters. The van der Waals surface area contributed by atoms with Crippen molar-refractivity contribution in [2.45, 2.75) is 43.9 Å². The highest BCUT2D eigenvalue weighted by molar-refractivity contribution is 7.10. The van der Waals surface area contributed by atoms with Crippen LogP contribution in [0.25, 0.3) is 0 Å². The summed E-state index contributed by atoms with van der Waals surface area (Å²) in [5.74, 6) is -0.0170. The highest BCUT2D eigenvalue weighted by atomic mass is 32.1. The van der Waals surface area contributed by atoms with E-state index < -0.39 is 0 Å². The van der Waals surface area contributed by atoms with Crippen molar-refractivity contribution < 1.29 is 9.59 Å². The summed E-state index contributed by atoms with van der Waals surface area (Å²) in [6, 6.07) is 4.14. The smallest absolute Gasteiger partial charge is 0.234 e. The first-order valence-electron chi connectivity index (χ1n) is 7.76. The Morgan fingerprint density at radius 1 is 1.24 bits per heavy atom. The van der Waals surface area contributed by atoms with Crippen LogP contribution < -0.4 is 5.73 Å². The van der Waals surface area contributed by atoms with Crippen molar-refractivity contribution in [3.63, 3.8) is 0 Å². The number of rotatable bonds is 3. The Morgan fingerprint density at radius 3 is 2.43 bits per heavy atom. The highest BCUT2D eigenvalue weighted by Gasteiger charge is 2.46. The first kappa shape index (κ1) is 14.6. The zero-order valence-electron chi connectivity index (χ0n) is 12.2. The molecule has 1 aliphatic heterocycles. The molecule has 1 aliphatic carbocycles. The Labute approximate surface area is 129 Å². The van der Waals surface area contributed by atoms with Gasteiger partial charge in [-0.15, -0.1) is 11.3 Å². The Kier molecular flexibility index (Phi) is 4.02. The summed E-state index contributed by atoms with van der Waals surface area (Å²) in [7, 11) is 0. The molecular weight excluding hydrogens is 284 g/mol. The van der Waals surface area contributed by atoms with Crippen LogP contribution in [-0.2, 0) is 15.0 Å². The Balaban J connectivity index is 1.76. The van der Waals surface area contributed by atoms with E-state index in [0.717, 1.165) is 25.7 Å². The number of likely N-dealkylation sites (tertiary alicyclic amines) is 1. The molecule has 1 aromatic heterocycles. The lowest BCUT2D eigenvalue weighted by Crippen LogP contribution is -2.49. The molecule has 21 heavy (non-hydrogen) atoms. The number of primary amides is 1. The predicted octanol–water partition coefficient (Wildman–Crippen LogP) is 2.28. The molecule has 0 radical (unpaired) electrons. The van der Waals surface area contributed by atoms with Crippen molar-refractivity contribution in [2.24, 2.45) is 11.7 Å². The van der Waals surface area contributed by atoms with E-state index in [9.17, 15) is 9.59 Å². The van der Waals surface area contributed by atoms with Crippen LogP contribution in [0.4, 0.5) is 0 Å². The summed E-state index contributed by atoms with van der Waals surface area (Å²) < 4.78 is 0. The minimum atomic E-state index is -0.298. The summed E-state index contributed by atoms with van der Waals surface area (Å²) in [6.45, 7) is 1.33. The lowest BCUT2D eigenvalue weighted by atomic mass is 9.82. The summed E-state index contributed by atoms with van der Waals surface area (Å²) in [6.07, 6.45) is 5.59. The van der Waals surface area contributed by atoms with E-state index in [4.69, 9.17) is 5.73 Å². The fourth-order valence-corrected chi connectivity index (χ4v) is 4.74. The van der Waals surface area contributed by atoms with Gasteiger partial charge >= 0.3 is 0 Å². The third-order valence-corrected chi connectivity index (χ3v) is 6.12. The normalized spacial score (nSPS) is 22.4. The maximum Gasteiger partial charge on any atom is 0.234 e. The van der Waals surface area contributed by atoms with Gasteiger partial charge in [-0.25, -0.2) is 0 Å². The maximum atomic E-state index is 13.1. The largest absolute Gasteiger partial charge is 0.369 e. The Bertz CT molecular complexity index is 512. The van der Waals surface area contributed by atoms with Crippen LogP contribution in [0.5, 0.6) is 0 Å². The summed E-state index contributed by atoms with van der Waals surface area (Å²) >= 11 is 1.70. The molecule has 1 aromatic rings. The topological polar surface area (TPSA) is 63.4 Å². The van der Waals surface area contributed by atoms with E-state index in [1.54, 1.807) is 11.3 Å². The second kappa shape index (κ2) is 5.79. The number of hydrogen-bond acceptors (Lipinski definition) is 3. The molecule has 2 N–H and O–H groups in total. The van der Waals surface area contributed by atoms with Gasteiger partial charge in [-0.1, -0.05) is 18.9 Å². The number of thiophene rings is 1. The van der Waals surface area contributed by atoms with E-state index in [2.05, 4.69) is 11.4 Å². The third kappa shape index (κ3) is 2.59. The molecule has 5 heteroatoms. The molecule has 2 aliphatic rings. The molecule has 4 nitrogen and oxygen atoms in total. The molecule has 3 rings (SSSR count). The summed E-state index contributed by atoms with van der Waals surface area (Å²) in [4.78, 5) is 27.5. The van der Waals surface area contributed by atoms with Crippen molar-refractivity contribution in [3.05, 3.63) is 22.4 Å². The fraction of sp³-hybridized carbons (Fsp3) is 0.625. The Morgan fingerprint density at radius 2 is 1.90 bits per heavy atom. The first-order valence-corrected chi connectivity index (χ1v) is 8.64. The lowest BCUT2D eigenvalue weighted by Gasteiger charge is -2.37. The minimum Gasteiger partial charge on any atom is -0.369 e. The average Bonchev–Trinajstić information content (AvgIpc) is 3.18. The molecule has 2 heterocycles. The molecule has 0 aromatic carbocycles. The number of hydrogen-bond donors (Lipinski definition) is 1. The number of nitrogens with two attached hydrogens (primary N) is 1. The zero-order chi connectivity index (χ0) is 14.9. The van der Waals surface area contributed by atoms with Crippen LogP contribution in [0.15, 0.2) is 17.5 Å². The molecule has 1 saturated heterocycles. The van der Waals surface area contributed by atoms with Crippen LogP contribution >= 0.6 is 11.3 Å². The lowest BCUT2D eigenvalue weighted by molar-refractivity contribution is -0.140. The standard InChI is InChI=1S/C16H22N2O2S/c17-14(19)12-5-9-18(10-6-12)15(20)16(7-1-2-8-16)13-4-3-11-21-13/h3-4,11-12H,1-2,5-10H2,(H2,17,19). The number of piperidine rings is 1. The number of carbonyl (C=O) groups is 2. The fourth-order valence-electron chi connectivity index (χ4n) is 3.76. The van der Waals surface area contributed by atoms with Crippen LogP contribution in [0, 0.1) is 5.92 Å². The van der Waals surface area contributed by atoms with Crippen molar-refractivity contribution >= 4 is 23.2 Å². The van der Waals surface area contributed by atoms with Crippen molar-refractivity contribution in [2.75, 3.05) is 13.1 Å². The van der Waals surface area contributed by atoms with Gasteiger partial charge in [0.2, 0.25) is 11.8 Å². The second-order valence-electron chi connectivity index (χ2n) is 6.24. The van der Waals surface area contributed by atoms with Crippen LogP contribution in [0.3, 0.4) is 0 Å². The van der Waals surface area contributed by atoms with Crippen LogP contribution in [0.1, 0.15) is 43.4 Å². The van der Waals surface area contributed by atoms with Gasteiger partial charge in [0, 0.05) is 23.9 Å². The number of nitrogens with zero attached hydrogens (tertiary/aromatic N) is 1. The van der Waals surface area contributed by atoms with E-state index in [-0.39, 0.29) is 23.1 Å².